The Balaban J connectivity index is 2.19. The highest BCUT2D eigenvalue weighted by atomic mass is 32.1. The number of nitrogens with two attached hydrogens (primary N) is 2. The summed E-state index contributed by atoms with van der Waals surface area (Å²) in [6, 6.07) is 9.77. The Bertz CT molecular complexity index is 626. The minimum atomic E-state index is -0.486. The first kappa shape index (κ1) is 13.0. The fourth-order valence-electron chi connectivity index (χ4n) is 1.43. The maximum absolute atomic E-state index is 10.9. The number of hydrogen-bond donors (Lipinski definition) is 2. The van der Waals surface area contributed by atoms with Crippen LogP contribution < -0.4 is 16.2 Å². The Morgan fingerprint density at radius 1 is 1.11 bits per heavy atom. The molecule has 0 saturated heterocycles. The van der Waals surface area contributed by atoms with Gasteiger partial charge in [0.05, 0.1) is 0 Å². The average Bonchev–Trinajstić information content (AvgIpc) is 2.39. The number of carbonyl (C=O) groups excluding carboxylic acids is 1. The first-order valence-electron chi connectivity index (χ1n) is 5.40. The molecule has 0 aliphatic rings. The number of ether oxygens (including phenoxy) is 1. The van der Waals surface area contributed by atoms with E-state index in [1.165, 1.54) is 0 Å². The molecule has 96 valence electrons. The smallest absolute Gasteiger partial charge is 0.248 e. The largest absolute Gasteiger partial charge is 0.439 e. The highest BCUT2D eigenvalue weighted by Crippen LogP contribution is 2.20. The third-order valence-corrected chi connectivity index (χ3v) is 2.62. The van der Waals surface area contributed by atoms with Crippen molar-refractivity contribution in [3.05, 3.63) is 53.7 Å². The molecule has 0 aliphatic heterocycles. The van der Waals surface area contributed by atoms with Crippen LogP contribution in [0.5, 0.6) is 11.6 Å². The number of carbonyl (C=O) groups is 1. The first-order chi connectivity index (χ1) is 9.06. The van der Waals surface area contributed by atoms with Crippen molar-refractivity contribution in [3.8, 4) is 11.6 Å². The lowest BCUT2D eigenvalue weighted by atomic mass is 10.2. The zero-order chi connectivity index (χ0) is 13.8. The second-order valence-corrected chi connectivity index (χ2v) is 4.18. The minimum absolute atomic E-state index is 0.274. The summed E-state index contributed by atoms with van der Waals surface area (Å²) in [5.74, 6) is 0.426. The highest BCUT2D eigenvalue weighted by Gasteiger charge is 2.04. The van der Waals surface area contributed by atoms with Crippen molar-refractivity contribution in [2.75, 3.05) is 0 Å². The van der Waals surface area contributed by atoms with E-state index in [1.54, 1.807) is 42.6 Å². The van der Waals surface area contributed by atoms with Crippen molar-refractivity contribution < 1.29 is 9.53 Å². The lowest BCUT2D eigenvalue weighted by molar-refractivity contribution is 0.100. The van der Waals surface area contributed by atoms with Crippen molar-refractivity contribution in [2.45, 2.75) is 0 Å². The summed E-state index contributed by atoms with van der Waals surface area (Å²) >= 11 is 4.88. The van der Waals surface area contributed by atoms with Crippen LogP contribution in [0.3, 0.4) is 0 Å². The van der Waals surface area contributed by atoms with Crippen LogP contribution in [-0.4, -0.2) is 15.9 Å². The lowest BCUT2D eigenvalue weighted by Crippen LogP contribution is -2.10. The normalized spacial score (nSPS) is 9.89. The van der Waals surface area contributed by atoms with E-state index in [0.717, 1.165) is 0 Å². The number of hydrogen-bond acceptors (Lipinski definition) is 4. The van der Waals surface area contributed by atoms with E-state index in [-0.39, 0.29) is 4.99 Å². The Labute approximate surface area is 115 Å². The number of pyridine rings is 1. The predicted molar refractivity (Wildman–Crippen MR) is 75.2 cm³/mol. The van der Waals surface area contributed by atoms with Crippen LogP contribution in [0.15, 0.2) is 42.6 Å². The van der Waals surface area contributed by atoms with Crippen LogP contribution in [0.1, 0.15) is 15.9 Å². The van der Waals surface area contributed by atoms with E-state index >= 15 is 0 Å². The third kappa shape index (κ3) is 3.26. The van der Waals surface area contributed by atoms with Crippen molar-refractivity contribution >= 4 is 23.1 Å². The van der Waals surface area contributed by atoms with Gasteiger partial charge in [0.25, 0.3) is 0 Å². The molecule has 0 aliphatic carbocycles. The molecule has 1 aromatic carbocycles. The summed E-state index contributed by atoms with van der Waals surface area (Å²) in [4.78, 5) is 15.3. The quantitative estimate of drug-likeness (QED) is 0.826. The summed E-state index contributed by atoms with van der Waals surface area (Å²) in [5.41, 5.74) is 11.8. The minimum Gasteiger partial charge on any atom is -0.439 e. The molecule has 1 aromatic heterocycles. The second-order valence-electron chi connectivity index (χ2n) is 3.74. The molecule has 0 unspecified atom stereocenters. The molecule has 2 aromatic rings. The van der Waals surface area contributed by atoms with Gasteiger partial charge in [0.2, 0.25) is 11.8 Å². The van der Waals surface area contributed by atoms with Crippen LogP contribution >= 0.6 is 12.2 Å². The molecule has 0 spiro atoms. The lowest BCUT2D eigenvalue weighted by Gasteiger charge is -2.06. The van der Waals surface area contributed by atoms with Crippen LogP contribution in [0.2, 0.25) is 0 Å². The maximum atomic E-state index is 10.9. The molecule has 4 N–H and O–H groups in total. The van der Waals surface area contributed by atoms with Crippen LogP contribution in [-0.2, 0) is 0 Å². The SMILES string of the molecule is NC(=O)c1ccc(Oc2cc(C(N)=S)ccn2)cc1. The summed E-state index contributed by atoms with van der Waals surface area (Å²) in [6.07, 6.45) is 1.56. The zero-order valence-electron chi connectivity index (χ0n) is 9.87. The fraction of sp³-hybridized carbons (Fsp3) is 0. The Hall–Kier alpha value is -2.47. The molecule has 2 rings (SSSR count). The van der Waals surface area contributed by atoms with Crippen LogP contribution in [0, 0.1) is 0 Å². The standard InChI is InChI=1S/C13H11N3O2S/c14-12(17)8-1-3-10(4-2-8)18-11-7-9(13(15)19)5-6-16-11/h1-7H,(H2,14,17)(H2,15,19). The van der Waals surface area contributed by atoms with Gasteiger partial charge in [-0.3, -0.25) is 4.79 Å². The Morgan fingerprint density at radius 2 is 1.79 bits per heavy atom. The molecule has 0 fully saturated rings. The van der Waals surface area contributed by atoms with E-state index in [1.807, 2.05) is 0 Å². The van der Waals surface area contributed by atoms with Crippen molar-refractivity contribution in [1.82, 2.24) is 4.98 Å². The van der Waals surface area contributed by atoms with Gasteiger partial charge in [0.1, 0.15) is 10.7 Å². The van der Waals surface area contributed by atoms with Crippen molar-refractivity contribution in [1.29, 1.82) is 0 Å². The number of benzene rings is 1. The van der Waals surface area contributed by atoms with Gasteiger partial charge in [-0.2, -0.15) is 0 Å². The molecule has 6 heteroatoms. The van der Waals surface area contributed by atoms with Gasteiger partial charge in [-0.05, 0) is 30.3 Å². The number of rotatable bonds is 4. The van der Waals surface area contributed by atoms with Gasteiger partial charge in [-0.1, -0.05) is 12.2 Å². The molecule has 1 heterocycles. The molecule has 0 saturated carbocycles. The molecule has 0 atom stereocenters. The third-order valence-electron chi connectivity index (χ3n) is 2.38. The van der Waals surface area contributed by atoms with Gasteiger partial charge in [-0.15, -0.1) is 0 Å². The van der Waals surface area contributed by atoms with E-state index in [0.29, 0.717) is 22.8 Å². The Morgan fingerprint density at radius 3 is 2.37 bits per heavy atom. The van der Waals surface area contributed by atoms with Gasteiger partial charge in [-0.25, -0.2) is 4.98 Å². The molecule has 1 amide bonds. The number of primary amides is 1. The second kappa shape index (κ2) is 5.45. The van der Waals surface area contributed by atoms with Gasteiger partial charge in [0, 0.05) is 23.4 Å². The topological polar surface area (TPSA) is 91.2 Å². The van der Waals surface area contributed by atoms with Crippen molar-refractivity contribution in [2.24, 2.45) is 11.5 Å². The average molecular weight is 273 g/mol. The molecule has 0 radical (unpaired) electrons. The van der Waals surface area contributed by atoms with E-state index < -0.39 is 5.91 Å². The molecular formula is C13H11N3O2S. The van der Waals surface area contributed by atoms with Crippen LogP contribution in [0.4, 0.5) is 0 Å². The van der Waals surface area contributed by atoms with E-state index in [9.17, 15) is 4.79 Å². The number of thiocarbonyl (C=S) groups is 1. The van der Waals surface area contributed by atoms with E-state index in [4.69, 9.17) is 28.4 Å². The Kier molecular flexibility index (Phi) is 3.72. The summed E-state index contributed by atoms with van der Waals surface area (Å²) in [7, 11) is 0. The molecule has 19 heavy (non-hydrogen) atoms. The molecule has 5 nitrogen and oxygen atoms in total. The highest BCUT2D eigenvalue weighted by molar-refractivity contribution is 7.80. The number of amides is 1. The number of nitrogens with zero attached hydrogens (tertiary/aromatic N) is 1. The predicted octanol–water partition coefficient (Wildman–Crippen LogP) is 1.61. The summed E-state index contributed by atoms with van der Waals surface area (Å²) in [6.45, 7) is 0. The number of aromatic nitrogens is 1. The monoisotopic (exact) mass is 273 g/mol. The van der Waals surface area contributed by atoms with Crippen LogP contribution in [0.25, 0.3) is 0 Å². The summed E-state index contributed by atoms with van der Waals surface area (Å²) in [5, 5.41) is 0. The van der Waals surface area contributed by atoms with Crippen molar-refractivity contribution in [3.63, 3.8) is 0 Å². The van der Waals surface area contributed by atoms with Gasteiger partial charge < -0.3 is 16.2 Å². The summed E-state index contributed by atoms with van der Waals surface area (Å²) < 4.78 is 5.53. The van der Waals surface area contributed by atoms with E-state index in [2.05, 4.69) is 4.98 Å². The zero-order valence-corrected chi connectivity index (χ0v) is 10.7. The van der Waals surface area contributed by atoms with Gasteiger partial charge in [0.15, 0.2) is 0 Å². The fourth-order valence-corrected chi connectivity index (χ4v) is 1.55. The molecule has 0 bridgehead atoms. The maximum Gasteiger partial charge on any atom is 0.248 e. The first-order valence-corrected chi connectivity index (χ1v) is 5.80. The van der Waals surface area contributed by atoms with Gasteiger partial charge >= 0.3 is 0 Å². The molecular weight excluding hydrogens is 262 g/mol.